The van der Waals surface area contributed by atoms with Crippen molar-refractivity contribution in [1.82, 2.24) is 15.2 Å². The number of likely N-dealkylation sites (tertiary alicyclic amines) is 1. The van der Waals surface area contributed by atoms with E-state index >= 15 is 0 Å². The van der Waals surface area contributed by atoms with E-state index < -0.39 is 11.7 Å². The van der Waals surface area contributed by atoms with E-state index in [4.69, 9.17) is 11.6 Å². The number of carbonyl (C=O) groups is 2. The zero-order chi connectivity index (χ0) is 20.4. The van der Waals surface area contributed by atoms with Crippen molar-refractivity contribution in [1.29, 1.82) is 0 Å². The quantitative estimate of drug-likeness (QED) is 0.605. The van der Waals surface area contributed by atoms with Gasteiger partial charge < -0.3 is 15.2 Å². The Morgan fingerprint density at radius 2 is 2.10 bits per heavy atom. The van der Waals surface area contributed by atoms with Crippen LogP contribution in [0.2, 0.25) is 5.02 Å². The van der Waals surface area contributed by atoms with Crippen LogP contribution in [0.4, 0.5) is 4.39 Å². The second-order valence-corrected chi connectivity index (χ2v) is 7.71. The summed E-state index contributed by atoms with van der Waals surface area (Å²) in [6, 6.07) is 12.2. The highest BCUT2D eigenvalue weighted by atomic mass is 35.5. The smallest absolute Gasteiger partial charge is 0.235 e. The highest BCUT2D eigenvalue weighted by Gasteiger charge is 2.36. The van der Waals surface area contributed by atoms with Gasteiger partial charge in [-0.15, -0.1) is 0 Å². The molecule has 1 aliphatic heterocycles. The van der Waals surface area contributed by atoms with Crippen LogP contribution in [0.15, 0.2) is 48.7 Å². The fourth-order valence-corrected chi connectivity index (χ4v) is 4.07. The Hall–Kier alpha value is -2.86. The molecule has 2 aromatic carbocycles. The largest absolute Gasteiger partial charge is 0.361 e. The molecule has 1 saturated heterocycles. The van der Waals surface area contributed by atoms with E-state index in [2.05, 4.69) is 16.4 Å². The average Bonchev–Trinajstić information content (AvgIpc) is 3.27. The molecule has 0 aliphatic carbocycles. The van der Waals surface area contributed by atoms with Gasteiger partial charge in [0.25, 0.3) is 0 Å². The maximum absolute atomic E-state index is 13.4. The molecule has 0 spiro atoms. The molecule has 1 unspecified atom stereocenters. The van der Waals surface area contributed by atoms with E-state index in [1.807, 2.05) is 24.4 Å². The Morgan fingerprint density at radius 3 is 2.93 bits per heavy atom. The fraction of sp³-hybridized carbons (Fsp3) is 0.273. The van der Waals surface area contributed by atoms with Crippen molar-refractivity contribution in [2.24, 2.45) is 5.92 Å². The number of hydrogen-bond donors (Lipinski definition) is 2. The molecule has 0 bridgehead atoms. The molecule has 3 aromatic rings. The van der Waals surface area contributed by atoms with Gasteiger partial charge >= 0.3 is 0 Å². The second kappa shape index (κ2) is 8.25. The summed E-state index contributed by atoms with van der Waals surface area (Å²) in [5, 5.41) is 4.15. The van der Waals surface area contributed by atoms with Gasteiger partial charge in [0.1, 0.15) is 11.7 Å². The molecule has 2 amide bonds. The van der Waals surface area contributed by atoms with E-state index in [0.717, 1.165) is 22.9 Å². The van der Waals surface area contributed by atoms with Crippen molar-refractivity contribution in [3.63, 3.8) is 0 Å². The molecule has 1 fully saturated rings. The Labute approximate surface area is 172 Å². The molecular formula is C22H21ClFN3O2. The second-order valence-electron chi connectivity index (χ2n) is 7.27. The van der Waals surface area contributed by atoms with Gasteiger partial charge in [-0.1, -0.05) is 29.8 Å². The maximum atomic E-state index is 13.4. The van der Waals surface area contributed by atoms with Crippen molar-refractivity contribution in [2.75, 3.05) is 13.1 Å². The van der Waals surface area contributed by atoms with Crippen LogP contribution >= 0.6 is 11.6 Å². The predicted octanol–water partition coefficient (Wildman–Crippen LogP) is 3.67. The van der Waals surface area contributed by atoms with Crippen LogP contribution in [-0.2, 0) is 22.6 Å². The van der Waals surface area contributed by atoms with Crippen molar-refractivity contribution < 1.29 is 14.0 Å². The van der Waals surface area contributed by atoms with Crippen LogP contribution in [0.5, 0.6) is 0 Å². The van der Waals surface area contributed by atoms with E-state index in [1.165, 1.54) is 12.1 Å². The number of nitrogens with zero attached hydrogens (tertiary/aromatic N) is 1. The lowest BCUT2D eigenvalue weighted by molar-refractivity contribution is -0.137. The summed E-state index contributed by atoms with van der Waals surface area (Å²) in [4.78, 5) is 30.1. The van der Waals surface area contributed by atoms with Crippen LogP contribution in [0, 0.1) is 11.7 Å². The molecular weight excluding hydrogens is 393 g/mol. The van der Waals surface area contributed by atoms with E-state index in [9.17, 15) is 14.0 Å². The third-order valence-electron chi connectivity index (χ3n) is 5.33. The number of amides is 2. The minimum atomic E-state index is -0.693. The van der Waals surface area contributed by atoms with Crippen molar-refractivity contribution in [3.8, 4) is 0 Å². The lowest BCUT2D eigenvalue weighted by atomic mass is 10.1. The Kier molecular flexibility index (Phi) is 5.53. The maximum Gasteiger partial charge on any atom is 0.235 e. The first-order valence-electron chi connectivity index (χ1n) is 9.58. The molecule has 2 N–H and O–H groups in total. The molecule has 1 aromatic heterocycles. The SMILES string of the molecule is O=C(NCc1cc(F)cc(Cl)c1)C1CCN(CCc2c[nH]c3ccccc23)C1=O. The molecule has 1 aliphatic rings. The number of benzene rings is 2. The lowest BCUT2D eigenvalue weighted by Gasteiger charge is -2.16. The summed E-state index contributed by atoms with van der Waals surface area (Å²) in [6.07, 6.45) is 3.19. The minimum Gasteiger partial charge on any atom is -0.361 e. The molecule has 150 valence electrons. The number of aromatic nitrogens is 1. The fourth-order valence-electron chi connectivity index (χ4n) is 3.82. The van der Waals surface area contributed by atoms with Crippen LogP contribution in [0.3, 0.4) is 0 Å². The Morgan fingerprint density at radius 1 is 1.28 bits per heavy atom. The first-order valence-corrected chi connectivity index (χ1v) is 9.95. The lowest BCUT2D eigenvalue weighted by Crippen LogP contribution is -2.37. The predicted molar refractivity (Wildman–Crippen MR) is 110 cm³/mol. The third-order valence-corrected chi connectivity index (χ3v) is 5.55. The van der Waals surface area contributed by atoms with E-state index in [0.29, 0.717) is 25.1 Å². The molecule has 5 nitrogen and oxygen atoms in total. The first kappa shape index (κ1) is 19.5. The zero-order valence-electron chi connectivity index (χ0n) is 15.8. The number of fused-ring (bicyclic) bond motifs is 1. The van der Waals surface area contributed by atoms with Crippen LogP contribution < -0.4 is 5.32 Å². The molecule has 4 rings (SSSR count). The number of para-hydroxylation sites is 1. The van der Waals surface area contributed by atoms with Gasteiger partial charge in [0.15, 0.2) is 0 Å². The number of hydrogen-bond acceptors (Lipinski definition) is 2. The molecule has 1 atom stereocenters. The van der Waals surface area contributed by atoms with Crippen molar-refractivity contribution in [3.05, 3.63) is 70.6 Å². The normalized spacial score (nSPS) is 16.6. The summed E-state index contributed by atoms with van der Waals surface area (Å²) >= 11 is 5.83. The molecule has 0 radical (unpaired) electrons. The highest BCUT2D eigenvalue weighted by Crippen LogP contribution is 2.22. The van der Waals surface area contributed by atoms with Gasteiger partial charge in [0.2, 0.25) is 11.8 Å². The summed E-state index contributed by atoms with van der Waals surface area (Å²) in [6.45, 7) is 1.27. The summed E-state index contributed by atoms with van der Waals surface area (Å²) in [7, 11) is 0. The number of H-pyrrole nitrogens is 1. The zero-order valence-corrected chi connectivity index (χ0v) is 16.5. The molecule has 2 heterocycles. The average molecular weight is 414 g/mol. The van der Waals surface area contributed by atoms with E-state index in [1.54, 1.807) is 11.0 Å². The van der Waals surface area contributed by atoms with Gasteiger partial charge in [-0.2, -0.15) is 0 Å². The monoisotopic (exact) mass is 413 g/mol. The topological polar surface area (TPSA) is 65.2 Å². The number of aromatic amines is 1. The standard InChI is InChI=1S/C22H21ClFN3O2/c23-16-9-14(10-17(24)11-16)12-26-21(28)19-6-8-27(22(19)29)7-5-15-13-25-20-4-2-1-3-18(15)20/h1-4,9-11,13,19,25H,5-8,12H2,(H,26,28). The number of halogens is 2. The van der Waals surface area contributed by atoms with Gasteiger partial charge in [-0.3, -0.25) is 9.59 Å². The van der Waals surface area contributed by atoms with Gasteiger partial charge in [0.05, 0.1) is 0 Å². The van der Waals surface area contributed by atoms with Gasteiger partial charge in [-0.25, -0.2) is 4.39 Å². The molecule has 7 heteroatoms. The summed E-state index contributed by atoms with van der Waals surface area (Å²) < 4.78 is 13.4. The minimum absolute atomic E-state index is 0.134. The van der Waals surface area contributed by atoms with Crippen molar-refractivity contribution >= 4 is 34.3 Å². The number of carbonyl (C=O) groups excluding carboxylic acids is 2. The van der Waals surface area contributed by atoms with Crippen LogP contribution in [-0.4, -0.2) is 34.8 Å². The van der Waals surface area contributed by atoms with Crippen molar-refractivity contribution in [2.45, 2.75) is 19.4 Å². The number of nitrogens with one attached hydrogen (secondary N) is 2. The molecule has 29 heavy (non-hydrogen) atoms. The van der Waals surface area contributed by atoms with Gasteiger partial charge in [-0.05, 0) is 48.2 Å². The molecule has 0 saturated carbocycles. The first-order chi connectivity index (χ1) is 14.0. The van der Waals surface area contributed by atoms with Gasteiger partial charge in [0, 0.05) is 41.8 Å². The van der Waals surface area contributed by atoms with Crippen LogP contribution in [0.1, 0.15) is 17.5 Å². The highest BCUT2D eigenvalue weighted by molar-refractivity contribution is 6.30. The third kappa shape index (κ3) is 4.27. The number of rotatable bonds is 6. The Bertz CT molecular complexity index is 1040. The van der Waals surface area contributed by atoms with E-state index in [-0.39, 0.29) is 23.4 Å². The Balaban J connectivity index is 1.32. The van der Waals surface area contributed by atoms with Crippen LogP contribution in [0.25, 0.3) is 10.9 Å². The summed E-state index contributed by atoms with van der Waals surface area (Å²) in [5.74, 6) is -1.63. The summed E-state index contributed by atoms with van der Waals surface area (Å²) in [5.41, 5.74) is 2.79.